The molecule has 0 saturated carbocycles. The van der Waals surface area contributed by atoms with Crippen LogP contribution in [0.1, 0.15) is 6.23 Å². The molecule has 3 heterocycles. The van der Waals surface area contributed by atoms with Crippen LogP contribution < -0.4 is 5.32 Å². The number of aliphatic hydroxyl groups excluding tert-OH is 3. The molecule has 0 aromatic carbocycles. The van der Waals surface area contributed by atoms with Gasteiger partial charge in [-0.1, -0.05) is 0 Å². The van der Waals surface area contributed by atoms with E-state index in [1.165, 1.54) is 10.9 Å². The standard InChI is InChI=1S/C11H14BrN5O4/c1-13-8-5-9(15-3-14-8)17(11(12)16-5)10-7(20)6(19)4(2-18)21-10/h3-4,6-7,10,18-20H,2H2,1H3,(H,13,14,15)/t4-,6-,7-,10-/m1/s1. The summed E-state index contributed by atoms with van der Waals surface area (Å²) >= 11 is 3.29. The summed E-state index contributed by atoms with van der Waals surface area (Å²) in [5.41, 5.74) is 0.945. The van der Waals surface area contributed by atoms with Crippen molar-refractivity contribution in [3.63, 3.8) is 0 Å². The predicted molar refractivity (Wildman–Crippen MR) is 75.6 cm³/mol. The molecule has 1 aliphatic heterocycles. The predicted octanol–water partition coefficient (Wildman–Crippen LogP) is -0.758. The molecule has 0 aliphatic carbocycles. The van der Waals surface area contributed by atoms with Gasteiger partial charge in [0.25, 0.3) is 0 Å². The zero-order valence-electron chi connectivity index (χ0n) is 11.0. The van der Waals surface area contributed by atoms with Crippen molar-refractivity contribution in [2.75, 3.05) is 19.0 Å². The van der Waals surface area contributed by atoms with Gasteiger partial charge >= 0.3 is 0 Å². The monoisotopic (exact) mass is 359 g/mol. The van der Waals surface area contributed by atoms with Crippen LogP contribution in [0.4, 0.5) is 5.82 Å². The largest absolute Gasteiger partial charge is 0.394 e. The number of hydrogen-bond donors (Lipinski definition) is 4. The van der Waals surface area contributed by atoms with Crippen LogP contribution in [0.15, 0.2) is 11.1 Å². The van der Waals surface area contributed by atoms with E-state index in [-0.39, 0.29) is 0 Å². The summed E-state index contributed by atoms with van der Waals surface area (Å²) in [4.78, 5) is 12.5. The lowest BCUT2D eigenvalue weighted by Gasteiger charge is -2.17. The number of nitrogens with one attached hydrogen (secondary N) is 1. The van der Waals surface area contributed by atoms with E-state index in [0.29, 0.717) is 21.7 Å². The number of hydrogen-bond acceptors (Lipinski definition) is 8. The molecular weight excluding hydrogens is 346 g/mol. The Kier molecular flexibility index (Phi) is 3.80. The maximum absolute atomic E-state index is 10.1. The summed E-state index contributed by atoms with van der Waals surface area (Å²) in [7, 11) is 1.71. The number of imidazole rings is 1. The van der Waals surface area contributed by atoms with Gasteiger partial charge in [-0.2, -0.15) is 0 Å². The van der Waals surface area contributed by atoms with Crippen LogP contribution in [0.5, 0.6) is 0 Å². The molecule has 3 rings (SSSR count). The molecule has 0 radical (unpaired) electrons. The third-order valence-corrected chi connectivity index (χ3v) is 4.00. The zero-order chi connectivity index (χ0) is 15.1. The number of halogens is 1. The highest BCUT2D eigenvalue weighted by molar-refractivity contribution is 9.10. The molecule has 4 atom stereocenters. The third kappa shape index (κ3) is 2.19. The Hall–Kier alpha value is -1.33. The van der Waals surface area contributed by atoms with Gasteiger partial charge in [-0.05, 0) is 15.9 Å². The first-order valence-electron chi connectivity index (χ1n) is 6.27. The maximum atomic E-state index is 10.1. The molecule has 10 heteroatoms. The minimum absolute atomic E-state index is 0.379. The summed E-state index contributed by atoms with van der Waals surface area (Å²) in [6.45, 7) is -0.393. The molecule has 1 fully saturated rings. The molecule has 21 heavy (non-hydrogen) atoms. The maximum Gasteiger partial charge on any atom is 0.181 e. The van der Waals surface area contributed by atoms with Gasteiger partial charge in [0.05, 0.1) is 6.61 Å². The van der Waals surface area contributed by atoms with E-state index in [4.69, 9.17) is 9.84 Å². The van der Waals surface area contributed by atoms with Gasteiger partial charge in [-0.25, -0.2) is 15.0 Å². The fourth-order valence-electron chi connectivity index (χ4n) is 2.38. The summed E-state index contributed by atoms with van der Waals surface area (Å²) in [5, 5.41) is 32.1. The molecule has 114 valence electrons. The van der Waals surface area contributed by atoms with Crippen LogP contribution in [-0.2, 0) is 4.74 Å². The van der Waals surface area contributed by atoms with Gasteiger partial charge in [-0.15, -0.1) is 0 Å². The van der Waals surface area contributed by atoms with Crippen molar-refractivity contribution in [3.05, 3.63) is 11.1 Å². The van der Waals surface area contributed by atoms with Crippen molar-refractivity contribution in [1.29, 1.82) is 0 Å². The van der Waals surface area contributed by atoms with E-state index in [2.05, 4.69) is 36.2 Å². The lowest BCUT2D eigenvalue weighted by atomic mass is 10.1. The topological polar surface area (TPSA) is 126 Å². The van der Waals surface area contributed by atoms with Crippen molar-refractivity contribution in [1.82, 2.24) is 19.5 Å². The Morgan fingerprint density at radius 1 is 1.38 bits per heavy atom. The Morgan fingerprint density at radius 2 is 2.14 bits per heavy atom. The molecule has 1 aliphatic rings. The van der Waals surface area contributed by atoms with Gasteiger partial charge in [0.15, 0.2) is 27.9 Å². The van der Waals surface area contributed by atoms with E-state index >= 15 is 0 Å². The molecule has 0 bridgehead atoms. The molecule has 0 spiro atoms. The smallest absolute Gasteiger partial charge is 0.181 e. The Morgan fingerprint density at radius 3 is 2.76 bits per heavy atom. The van der Waals surface area contributed by atoms with Crippen LogP contribution >= 0.6 is 15.9 Å². The van der Waals surface area contributed by atoms with Gasteiger partial charge in [-0.3, -0.25) is 4.57 Å². The van der Waals surface area contributed by atoms with Crippen LogP contribution in [0.25, 0.3) is 11.2 Å². The molecule has 4 N–H and O–H groups in total. The highest BCUT2D eigenvalue weighted by Gasteiger charge is 2.44. The summed E-state index contributed by atoms with van der Waals surface area (Å²) in [6, 6.07) is 0. The lowest BCUT2D eigenvalue weighted by Crippen LogP contribution is -2.33. The Balaban J connectivity index is 2.11. The van der Waals surface area contributed by atoms with Crippen molar-refractivity contribution < 1.29 is 20.1 Å². The number of fused-ring (bicyclic) bond motifs is 1. The summed E-state index contributed by atoms with van der Waals surface area (Å²) in [5.74, 6) is 0.534. The average molecular weight is 360 g/mol. The fraction of sp³-hybridized carbons (Fsp3) is 0.545. The second-order valence-corrected chi connectivity index (χ2v) is 5.33. The van der Waals surface area contributed by atoms with Gasteiger partial charge in [0.2, 0.25) is 0 Å². The van der Waals surface area contributed by atoms with E-state index in [1.807, 2.05) is 0 Å². The first kappa shape index (κ1) is 14.6. The molecular formula is C11H14BrN5O4. The fourth-order valence-corrected chi connectivity index (χ4v) is 2.93. The number of nitrogens with zero attached hydrogens (tertiary/aromatic N) is 4. The average Bonchev–Trinajstić information content (AvgIpc) is 2.96. The Labute approximate surface area is 127 Å². The molecule has 0 amide bonds. The SMILES string of the molecule is CNc1ncnc2c1nc(Br)n2[C@@H]1O[C@H](CO)[C@@H](O)[C@H]1O. The lowest BCUT2D eigenvalue weighted by molar-refractivity contribution is -0.0521. The number of aromatic nitrogens is 4. The minimum atomic E-state index is -1.20. The van der Waals surface area contributed by atoms with Crippen LogP contribution in [0.2, 0.25) is 0 Å². The van der Waals surface area contributed by atoms with Crippen LogP contribution in [-0.4, -0.2) is 66.8 Å². The number of rotatable bonds is 3. The van der Waals surface area contributed by atoms with Gasteiger partial charge < -0.3 is 25.4 Å². The second-order valence-electron chi connectivity index (χ2n) is 4.62. The quantitative estimate of drug-likeness (QED) is 0.527. The second kappa shape index (κ2) is 5.46. The van der Waals surface area contributed by atoms with E-state index < -0.39 is 31.1 Å². The molecule has 2 aromatic heterocycles. The van der Waals surface area contributed by atoms with Gasteiger partial charge in [0, 0.05) is 7.05 Å². The third-order valence-electron chi connectivity index (χ3n) is 3.44. The van der Waals surface area contributed by atoms with Crippen molar-refractivity contribution in [3.8, 4) is 0 Å². The summed E-state index contributed by atoms with van der Waals surface area (Å²) < 4.78 is 7.40. The van der Waals surface area contributed by atoms with Crippen molar-refractivity contribution in [2.24, 2.45) is 0 Å². The normalized spacial score (nSPS) is 29.2. The van der Waals surface area contributed by atoms with Crippen LogP contribution in [0, 0.1) is 0 Å². The van der Waals surface area contributed by atoms with Crippen LogP contribution in [0.3, 0.4) is 0 Å². The molecule has 1 saturated heterocycles. The molecule has 2 aromatic rings. The first-order valence-corrected chi connectivity index (χ1v) is 7.06. The molecule has 9 nitrogen and oxygen atoms in total. The number of anilines is 1. The zero-order valence-corrected chi connectivity index (χ0v) is 12.6. The van der Waals surface area contributed by atoms with E-state index in [0.717, 1.165) is 0 Å². The Bertz CT molecular complexity index is 665. The van der Waals surface area contributed by atoms with Crippen molar-refractivity contribution >= 4 is 32.9 Å². The highest BCUT2D eigenvalue weighted by Crippen LogP contribution is 2.35. The van der Waals surface area contributed by atoms with E-state index in [9.17, 15) is 10.2 Å². The highest BCUT2D eigenvalue weighted by atomic mass is 79.9. The molecule has 0 unspecified atom stereocenters. The van der Waals surface area contributed by atoms with Crippen molar-refractivity contribution in [2.45, 2.75) is 24.5 Å². The first-order chi connectivity index (χ1) is 10.1. The number of aliphatic hydroxyl groups is 3. The number of ether oxygens (including phenoxy) is 1. The minimum Gasteiger partial charge on any atom is -0.394 e. The van der Waals surface area contributed by atoms with E-state index in [1.54, 1.807) is 7.05 Å². The summed E-state index contributed by atoms with van der Waals surface area (Å²) in [6.07, 6.45) is -2.80. The van der Waals surface area contributed by atoms with Gasteiger partial charge in [0.1, 0.15) is 24.6 Å².